The summed E-state index contributed by atoms with van der Waals surface area (Å²) >= 11 is 0. The first-order valence-corrected chi connectivity index (χ1v) is 5.61. The molecule has 2 aromatic rings. The summed E-state index contributed by atoms with van der Waals surface area (Å²) in [4.78, 5) is 21.7. The third-order valence-electron chi connectivity index (χ3n) is 2.81. The number of carbonyl (C=O) groups is 2. The summed E-state index contributed by atoms with van der Waals surface area (Å²) in [5.41, 5.74) is 1.18. The van der Waals surface area contributed by atoms with Gasteiger partial charge in [-0.2, -0.15) is 0 Å². The average molecular weight is 257 g/mol. The van der Waals surface area contributed by atoms with Crippen molar-refractivity contribution in [3.8, 4) is 11.1 Å². The number of carboxylic acid groups (broad SMARTS) is 1. The molecule has 2 rings (SSSR count). The number of Topliss-reactive ketones (excluding diaryl/α,β-unsaturated/α-hetero) is 1. The Morgan fingerprint density at radius 1 is 1.00 bits per heavy atom. The molecule has 3 nitrogen and oxygen atoms in total. The van der Waals surface area contributed by atoms with Gasteiger partial charge in [0, 0.05) is 16.7 Å². The van der Waals surface area contributed by atoms with Crippen molar-refractivity contribution in [2.24, 2.45) is 0 Å². The van der Waals surface area contributed by atoms with Gasteiger partial charge in [-0.05, 0) is 18.6 Å². The Morgan fingerprint density at radius 2 is 1.58 bits per heavy atom. The first-order valence-electron chi connectivity index (χ1n) is 5.61. The zero-order valence-electron chi connectivity index (χ0n) is 10.1. The molecule has 0 N–H and O–H groups in total. The van der Waals surface area contributed by atoms with Gasteiger partial charge in [-0.25, -0.2) is 4.39 Å². The zero-order chi connectivity index (χ0) is 14.0. The first-order chi connectivity index (χ1) is 8.99. The van der Waals surface area contributed by atoms with Crippen LogP contribution >= 0.6 is 0 Å². The largest absolute Gasteiger partial charge is 0.545 e. The molecule has 0 atom stereocenters. The molecule has 0 aliphatic heterocycles. The minimum Gasteiger partial charge on any atom is -0.545 e. The summed E-state index contributed by atoms with van der Waals surface area (Å²) in [5.74, 6) is -2.13. The van der Waals surface area contributed by atoms with Gasteiger partial charge >= 0.3 is 0 Å². The van der Waals surface area contributed by atoms with Crippen LogP contribution in [0.4, 0.5) is 4.39 Å². The lowest BCUT2D eigenvalue weighted by Crippen LogP contribution is -2.22. The molecule has 0 aromatic heterocycles. The van der Waals surface area contributed by atoms with E-state index in [0.717, 1.165) is 6.07 Å². The maximum absolute atomic E-state index is 13.8. The number of hydrogen-bond donors (Lipinski definition) is 0. The third-order valence-corrected chi connectivity index (χ3v) is 2.81. The van der Waals surface area contributed by atoms with E-state index >= 15 is 0 Å². The third kappa shape index (κ3) is 2.68. The van der Waals surface area contributed by atoms with E-state index in [4.69, 9.17) is 0 Å². The molecular formula is C15H10FO3-. The Kier molecular flexibility index (Phi) is 3.42. The summed E-state index contributed by atoms with van der Waals surface area (Å²) < 4.78 is 13.8. The lowest BCUT2D eigenvalue weighted by Gasteiger charge is -2.07. The van der Waals surface area contributed by atoms with Gasteiger partial charge in [0.05, 0.1) is 5.97 Å². The van der Waals surface area contributed by atoms with E-state index in [1.54, 1.807) is 24.3 Å². The Balaban J connectivity index is 2.41. The van der Waals surface area contributed by atoms with Crippen LogP contribution in [-0.4, -0.2) is 11.8 Å². The molecule has 0 spiro atoms. The lowest BCUT2D eigenvalue weighted by atomic mass is 10.0. The van der Waals surface area contributed by atoms with E-state index < -0.39 is 11.8 Å². The molecule has 96 valence electrons. The summed E-state index contributed by atoms with van der Waals surface area (Å²) in [6, 6.07) is 10.0. The summed E-state index contributed by atoms with van der Waals surface area (Å²) in [6.45, 7) is 1.45. The van der Waals surface area contributed by atoms with Crippen LogP contribution < -0.4 is 5.11 Å². The minimum absolute atomic E-state index is 0.0701. The Labute approximate surface area is 109 Å². The highest BCUT2D eigenvalue weighted by molar-refractivity contribution is 5.94. The number of carbonyl (C=O) groups excluding carboxylic acids is 2. The maximum atomic E-state index is 13.8. The molecule has 2 aromatic carbocycles. The number of hydrogen-bond acceptors (Lipinski definition) is 3. The van der Waals surface area contributed by atoms with Crippen molar-refractivity contribution in [2.75, 3.05) is 0 Å². The molecule has 0 bridgehead atoms. The van der Waals surface area contributed by atoms with Crippen molar-refractivity contribution < 1.29 is 19.1 Å². The van der Waals surface area contributed by atoms with Crippen LogP contribution in [0.3, 0.4) is 0 Å². The van der Waals surface area contributed by atoms with Crippen LogP contribution in [0.2, 0.25) is 0 Å². The van der Waals surface area contributed by atoms with Gasteiger partial charge in [0.2, 0.25) is 0 Å². The van der Waals surface area contributed by atoms with Crippen LogP contribution in [0, 0.1) is 5.82 Å². The predicted molar refractivity (Wildman–Crippen MR) is 66.2 cm³/mol. The quantitative estimate of drug-likeness (QED) is 0.791. The molecule has 0 radical (unpaired) electrons. The Morgan fingerprint density at radius 3 is 2.05 bits per heavy atom. The van der Waals surface area contributed by atoms with E-state index in [1.807, 2.05) is 0 Å². The van der Waals surface area contributed by atoms with Crippen molar-refractivity contribution >= 4 is 11.8 Å². The number of ketones is 1. The van der Waals surface area contributed by atoms with Gasteiger partial charge in [-0.3, -0.25) is 4.79 Å². The number of rotatable bonds is 3. The highest BCUT2D eigenvalue weighted by Crippen LogP contribution is 2.24. The second kappa shape index (κ2) is 5.02. The summed E-state index contributed by atoms with van der Waals surface area (Å²) in [6.07, 6.45) is 0. The van der Waals surface area contributed by atoms with E-state index in [0.29, 0.717) is 11.1 Å². The monoisotopic (exact) mass is 257 g/mol. The standard InChI is InChI=1S/C15H11FO3/c1-9(17)10-2-4-11(5-3-10)13-7-6-12(15(18)19)8-14(13)16/h2-8H,1H3,(H,18,19)/p-1. The molecule has 0 amide bonds. The zero-order valence-corrected chi connectivity index (χ0v) is 10.1. The second-order valence-corrected chi connectivity index (χ2v) is 4.12. The molecule has 0 aliphatic carbocycles. The predicted octanol–water partition coefficient (Wildman–Crippen LogP) is 2.06. The summed E-state index contributed by atoms with van der Waals surface area (Å²) in [7, 11) is 0. The highest BCUT2D eigenvalue weighted by Gasteiger charge is 2.07. The van der Waals surface area contributed by atoms with Crippen LogP contribution in [0.5, 0.6) is 0 Å². The van der Waals surface area contributed by atoms with Crippen LogP contribution in [0.25, 0.3) is 11.1 Å². The van der Waals surface area contributed by atoms with Crippen LogP contribution in [-0.2, 0) is 0 Å². The van der Waals surface area contributed by atoms with E-state index in [-0.39, 0.29) is 16.9 Å². The molecular weight excluding hydrogens is 247 g/mol. The molecule has 0 heterocycles. The smallest absolute Gasteiger partial charge is 0.159 e. The van der Waals surface area contributed by atoms with Crippen LogP contribution in [0.1, 0.15) is 27.6 Å². The van der Waals surface area contributed by atoms with E-state index in [2.05, 4.69) is 0 Å². The highest BCUT2D eigenvalue weighted by atomic mass is 19.1. The SMILES string of the molecule is CC(=O)c1ccc(-c2ccc(C(=O)[O-])cc2F)cc1. The normalized spacial score (nSPS) is 10.2. The Bertz CT molecular complexity index is 645. The fourth-order valence-corrected chi connectivity index (χ4v) is 1.76. The number of benzene rings is 2. The molecule has 0 aliphatic rings. The number of halogens is 1. The number of carboxylic acids is 1. The van der Waals surface area contributed by atoms with Gasteiger partial charge in [-0.1, -0.05) is 36.4 Å². The molecule has 4 heteroatoms. The van der Waals surface area contributed by atoms with Crippen molar-refractivity contribution in [1.29, 1.82) is 0 Å². The van der Waals surface area contributed by atoms with Crippen molar-refractivity contribution in [3.63, 3.8) is 0 Å². The Hall–Kier alpha value is -2.49. The fourth-order valence-electron chi connectivity index (χ4n) is 1.76. The van der Waals surface area contributed by atoms with Crippen molar-refractivity contribution in [3.05, 3.63) is 59.4 Å². The minimum atomic E-state index is -1.42. The second-order valence-electron chi connectivity index (χ2n) is 4.12. The van der Waals surface area contributed by atoms with Crippen molar-refractivity contribution in [1.82, 2.24) is 0 Å². The molecule has 0 saturated carbocycles. The fraction of sp³-hybridized carbons (Fsp3) is 0.0667. The topological polar surface area (TPSA) is 57.2 Å². The van der Waals surface area contributed by atoms with Gasteiger partial charge < -0.3 is 9.90 Å². The van der Waals surface area contributed by atoms with E-state index in [1.165, 1.54) is 19.1 Å². The lowest BCUT2D eigenvalue weighted by molar-refractivity contribution is -0.255. The van der Waals surface area contributed by atoms with Gasteiger partial charge in [0.1, 0.15) is 5.82 Å². The number of aromatic carboxylic acids is 1. The summed E-state index contributed by atoms with van der Waals surface area (Å²) in [5, 5.41) is 10.6. The maximum Gasteiger partial charge on any atom is 0.159 e. The molecule has 0 fully saturated rings. The molecule has 0 unspecified atom stereocenters. The molecule has 0 saturated heterocycles. The van der Waals surface area contributed by atoms with Crippen LogP contribution in [0.15, 0.2) is 42.5 Å². The van der Waals surface area contributed by atoms with Gasteiger partial charge in [0.25, 0.3) is 0 Å². The molecule has 19 heavy (non-hydrogen) atoms. The van der Waals surface area contributed by atoms with Gasteiger partial charge in [0.15, 0.2) is 5.78 Å². The van der Waals surface area contributed by atoms with Crippen molar-refractivity contribution in [2.45, 2.75) is 6.92 Å². The average Bonchev–Trinajstić information content (AvgIpc) is 2.38. The first kappa shape index (κ1) is 13.0. The van der Waals surface area contributed by atoms with E-state index in [9.17, 15) is 19.1 Å². The van der Waals surface area contributed by atoms with Gasteiger partial charge in [-0.15, -0.1) is 0 Å².